The van der Waals surface area contributed by atoms with Crippen LogP contribution in [0.5, 0.6) is 5.75 Å². The lowest BCUT2D eigenvalue weighted by atomic mass is 10.1. The maximum absolute atomic E-state index is 12.6. The third-order valence-corrected chi connectivity index (χ3v) is 2.95. The lowest BCUT2D eigenvalue weighted by molar-refractivity contribution is -0.141. The van der Waals surface area contributed by atoms with Crippen LogP contribution in [0.3, 0.4) is 0 Å². The Kier molecular flexibility index (Phi) is 2.96. The molecule has 0 amide bonds. The molecule has 7 heteroatoms. The monoisotopic (exact) mass is 281 g/mol. The normalized spacial score (nSPS) is 17.4. The smallest absolute Gasteiger partial charge is 0.433 e. The Morgan fingerprint density at radius 3 is 2.80 bits per heavy atom. The lowest BCUT2D eigenvalue weighted by Crippen LogP contribution is -2.16. The van der Waals surface area contributed by atoms with E-state index >= 15 is 0 Å². The fourth-order valence-corrected chi connectivity index (χ4v) is 2.02. The van der Waals surface area contributed by atoms with Gasteiger partial charge in [0.15, 0.2) is 0 Å². The van der Waals surface area contributed by atoms with Crippen molar-refractivity contribution < 1.29 is 17.9 Å². The molecule has 2 aromatic rings. The minimum atomic E-state index is -4.48. The fraction of sp³-hybridized carbons (Fsp3) is 0.231. The summed E-state index contributed by atoms with van der Waals surface area (Å²) in [6.45, 7) is 0.332. The van der Waals surface area contributed by atoms with E-state index in [2.05, 4.69) is 15.3 Å². The first-order chi connectivity index (χ1) is 9.54. The van der Waals surface area contributed by atoms with Crippen LogP contribution in [0.15, 0.2) is 36.5 Å². The first kappa shape index (κ1) is 12.7. The SMILES string of the molecule is FC(F)(F)c1ccnc(NC2COc3ccccc32)n1. The van der Waals surface area contributed by atoms with E-state index in [-0.39, 0.29) is 12.0 Å². The second-order valence-electron chi connectivity index (χ2n) is 4.31. The summed E-state index contributed by atoms with van der Waals surface area (Å²) in [5.41, 5.74) is -0.0873. The highest BCUT2D eigenvalue weighted by molar-refractivity contribution is 5.44. The average Bonchev–Trinajstić information content (AvgIpc) is 2.82. The minimum Gasteiger partial charge on any atom is -0.491 e. The van der Waals surface area contributed by atoms with E-state index in [1.54, 1.807) is 0 Å². The number of aromatic nitrogens is 2. The van der Waals surface area contributed by atoms with Crippen LogP contribution in [-0.4, -0.2) is 16.6 Å². The first-order valence-corrected chi connectivity index (χ1v) is 5.92. The highest BCUT2D eigenvalue weighted by Gasteiger charge is 2.33. The summed E-state index contributed by atoms with van der Waals surface area (Å²) < 4.78 is 43.2. The van der Waals surface area contributed by atoms with E-state index in [9.17, 15) is 13.2 Å². The number of nitrogens with one attached hydrogen (secondary N) is 1. The Hall–Kier alpha value is -2.31. The van der Waals surface area contributed by atoms with E-state index in [1.807, 2.05) is 24.3 Å². The van der Waals surface area contributed by atoms with Gasteiger partial charge in [-0.3, -0.25) is 0 Å². The third-order valence-electron chi connectivity index (χ3n) is 2.95. The number of halogens is 3. The highest BCUT2D eigenvalue weighted by atomic mass is 19.4. The Balaban J connectivity index is 1.83. The van der Waals surface area contributed by atoms with Crippen molar-refractivity contribution in [2.75, 3.05) is 11.9 Å². The fourth-order valence-electron chi connectivity index (χ4n) is 2.02. The number of benzene rings is 1. The molecule has 1 aromatic heterocycles. The van der Waals surface area contributed by atoms with Gasteiger partial charge in [0.25, 0.3) is 0 Å². The van der Waals surface area contributed by atoms with E-state index in [4.69, 9.17) is 4.74 Å². The van der Waals surface area contributed by atoms with E-state index in [1.165, 1.54) is 0 Å². The number of hydrogen-bond donors (Lipinski definition) is 1. The van der Waals surface area contributed by atoms with Crippen LogP contribution in [0, 0.1) is 0 Å². The van der Waals surface area contributed by atoms with Crippen molar-refractivity contribution in [3.8, 4) is 5.75 Å². The van der Waals surface area contributed by atoms with E-state index in [0.29, 0.717) is 6.61 Å². The zero-order valence-corrected chi connectivity index (χ0v) is 10.2. The Bertz CT molecular complexity index is 630. The van der Waals surface area contributed by atoms with Crippen LogP contribution in [-0.2, 0) is 6.18 Å². The second kappa shape index (κ2) is 4.66. The molecule has 0 radical (unpaired) electrons. The summed E-state index contributed by atoms with van der Waals surface area (Å²) in [5.74, 6) is 0.655. The minimum absolute atomic E-state index is 0.0647. The molecule has 1 atom stereocenters. The number of anilines is 1. The molecule has 1 aliphatic heterocycles. The maximum Gasteiger partial charge on any atom is 0.433 e. The molecule has 104 valence electrons. The highest BCUT2D eigenvalue weighted by Crippen LogP contribution is 2.34. The van der Waals surface area contributed by atoms with Crippen molar-refractivity contribution in [3.05, 3.63) is 47.8 Å². The van der Waals surface area contributed by atoms with Gasteiger partial charge in [-0.25, -0.2) is 9.97 Å². The molecule has 1 N–H and O–H groups in total. The molecule has 20 heavy (non-hydrogen) atoms. The zero-order chi connectivity index (χ0) is 14.2. The number of ether oxygens (including phenoxy) is 1. The molecule has 2 heterocycles. The van der Waals surface area contributed by atoms with Crippen molar-refractivity contribution in [1.82, 2.24) is 9.97 Å². The quantitative estimate of drug-likeness (QED) is 0.919. The molecule has 0 aliphatic carbocycles. The van der Waals surface area contributed by atoms with Gasteiger partial charge in [0.05, 0.1) is 6.04 Å². The molecule has 0 saturated carbocycles. The molecular formula is C13H10F3N3O. The Morgan fingerprint density at radius 2 is 2.00 bits per heavy atom. The first-order valence-electron chi connectivity index (χ1n) is 5.92. The molecule has 0 spiro atoms. The standard InChI is InChI=1S/C13H10F3N3O/c14-13(15,16)11-5-6-17-12(19-11)18-9-7-20-10-4-2-1-3-8(9)10/h1-6,9H,7H2,(H,17,18,19). The summed E-state index contributed by atoms with van der Waals surface area (Å²) in [5, 5.41) is 2.86. The predicted octanol–water partition coefficient (Wildman–Crippen LogP) is 3.04. The largest absolute Gasteiger partial charge is 0.491 e. The third kappa shape index (κ3) is 2.38. The number of nitrogens with zero attached hydrogens (tertiary/aromatic N) is 2. The van der Waals surface area contributed by atoms with Crippen molar-refractivity contribution in [1.29, 1.82) is 0 Å². The second-order valence-corrected chi connectivity index (χ2v) is 4.31. The van der Waals surface area contributed by atoms with Crippen LogP contribution in [0.2, 0.25) is 0 Å². The summed E-state index contributed by atoms with van der Waals surface area (Å²) in [4.78, 5) is 7.29. The number of fused-ring (bicyclic) bond motifs is 1. The molecular weight excluding hydrogens is 271 g/mol. The Morgan fingerprint density at radius 1 is 1.20 bits per heavy atom. The van der Waals surface area contributed by atoms with Crippen molar-refractivity contribution in [3.63, 3.8) is 0 Å². The van der Waals surface area contributed by atoms with E-state index in [0.717, 1.165) is 23.6 Å². The maximum atomic E-state index is 12.6. The van der Waals surface area contributed by atoms with Crippen LogP contribution >= 0.6 is 0 Å². The summed E-state index contributed by atoms with van der Waals surface area (Å²) in [6.07, 6.45) is -3.40. The number of para-hydroxylation sites is 1. The van der Waals surface area contributed by atoms with Crippen molar-refractivity contribution in [2.45, 2.75) is 12.2 Å². The van der Waals surface area contributed by atoms with Crippen molar-refractivity contribution in [2.24, 2.45) is 0 Å². The van der Waals surface area contributed by atoms with Gasteiger partial charge in [-0.05, 0) is 12.1 Å². The van der Waals surface area contributed by atoms with Crippen LogP contribution in [0.1, 0.15) is 17.3 Å². The predicted molar refractivity (Wildman–Crippen MR) is 65.3 cm³/mol. The molecule has 0 saturated heterocycles. The molecule has 1 unspecified atom stereocenters. The summed E-state index contributed by atoms with van der Waals surface area (Å²) in [7, 11) is 0. The molecule has 0 fully saturated rings. The molecule has 0 bridgehead atoms. The summed E-state index contributed by atoms with van der Waals surface area (Å²) in [6, 6.07) is 7.92. The van der Waals surface area contributed by atoms with Gasteiger partial charge >= 0.3 is 6.18 Å². The van der Waals surface area contributed by atoms with Gasteiger partial charge < -0.3 is 10.1 Å². The molecule has 4 nitrogen and oxygen atoms in total. The van der Waals surface area contributed by atoms with Gasteiger partial charge in [-0.2, -0.15) is 13.2 Å². The van der Waals surface area contributed by atoms with Crippen LogP contribution in [0.25, 0.3) is 0 Å². The van der Waals surface area contributed by atoms with Crippen LogP contribution < -0.4 is 10.1 Å². The van der Waals surface area contributed by atoms with Gasteiger partial charge in [0.1, 0.15) is 18.1 Å². The molecule has 1 aromatic carbocycles. The molecule has 1 aliphatic rings. The average molecular weight is 281 g/mol. The number of alkyl halides is 3. The van der Waals surface area contributed by atoms with Crippen molar-refractivity contribution >= 4 is 5.95 Å². The topological polar surface area (TPSA) is 47.0 Å². The zero-order valence-electron chi connectivity index (χ0n) is 10.2. The van der Waals surface area contributed by atoms with Gasteiger partial charge in [-0.15, -0.1) is 0 Å². The number of rotatable bonds is 2. The van der Waals surface area contributed by atoms with Gasteiger partial charge in [0.2, 0.25) is 5.95 Å². The van der Waals surface area contributed by atoms with Crippen LogP contribution in [0.4, 0.5) is 19.1 Å². The lowest BCUT2D eigenvalue weighted by Gasteiger charge is -2.12. The van der Waals surface area contributed by atoms with Gasteiger partial charge in [0, 0.05) is 11.8 Å². The summed E-state index contributed by atoms with van der Waals surface area (Å²) >= 11 is 0. The van der Waals surface area contributed by atoms with E-state index < -0.39 is 11.9 Å². The Labute approximate surface area is 112 Å². The number of hydrogen-bond acceptors (Lipinski definition) is 4. The van der Waals surface area contributed by atoms with Gasteiger partial charge in [-0.1, -0.05) is 18.2 Å². The molecule has 3 rings (SSSR count).